The van der Waals surface area contributed by atoms with E-state index in [-0.39, 0.29) is 11.8 Å². The maximum atomic E-state index is 11.8. The Hall–Kier alpha value is -1.58. The van der Waals surface area contributed by atoms with E-state index in [4.69, 9.17) is 0 Å². The molecule has 1 aliphatic rings. The zero-order chi connectivity index (χ0) is 11.9. The van der Waals surface area contributed by atoms with Crippen molar-refractivity contribution in [3.63, 3.8) is 0 Å². The molecule has 0 aromatic carbocycles. The lowest BCUT2D eigenvalue weighted by molar-refractivity contribution is -0.125. The van der Waals surface area contributed by atoms with Gasteiger partial charge in [-0.15, -0.1) is 0 Å². The van der Waals surface area contributed by atoms with E-state index in [9.17, 15) is 4.79 Å². The number of rotatable bonds is 5. The molecule has 92 valence electrons. The molecular weight excluding hydrogens is 214 g/mol. The van der Waals surface area contributed by atoms with Crippen molar-refractivity contribution in [2.75, 3.05) is 6.54 Å². The smallest absolute Gasteiger partial charge is 0.223 e. The van der Waals surface area contributed by atoms with Crippen molar-refractivity contribution >= 4 is 5.91 Å². The van der Waals surface area contributed by atoms with Gasteiger partial charge < -0.3 is 10.3 Å². The molecular formula is C13H19N3O. The van der Waals surface area contributed by atoms with Gasteiger partial charge >= 0.3 is 0 Å². The minimum atomic E-state index is 0.184. The van der Waals surface area contributed by atoms with Gasteiger partial charge in [-0.1, -0.05) is 12.2 Å². The lowest BCUT2D eigenvalue weighted by atomic mass is 9.94. The number of amides is 1. The molecule has 1 amide bonds. The van der Waals surface area contributed by atoms with Crippen molar-refractivity contribution < 1.29 is 4.79 Å². The Morgan fingerprint density at radius 3 is 3.18 bits per heavy atom. The summed E-state index contributed by atoms with van der Waals surface area (Å²) in [5.41, 5.74) is 0. The number of nitrogens with zero attached hydrogens (tertiary/aromatic N) is 1. The fraction of sp³-hybridized carbons (Fsp3) is 0.538. The summed E-state index contributed by atoms with van der Waals surface area (Å²) in [5.74, 6) is 1.37. The molecule has 0 spiro atoms. The van der Waals surface area contributed by atoms with Crippen LogP contribution in [0.5, 0.6) is 0 Å². The summed E-state index contributed by atoms with van der Waals surface area (Å²) in [6.07, 6.45) is 12.6. The highest BCUT2D eigenvalue weighted by atomic mass is 16.1. The van der Waals surface area contributed by atoms with Crippen LogP contribution < -0.4 is 5.32 Å². The van der Waals surface area contributed by atoms with E-state index in [0.717, 1.165) is 44.5 Å². The Bertz CT molecular complexity index is 370. The van der Waals surface area contributed by atoms with Crippen LogP contribution in [-0.4, -0.2) is 22.4 Å². The number of carbonyl (C=O) groups excluding carboxylic acids is 1. The molecule has 1 aliphatic carbocycles. The molecule has 4 heteroatoms. The first kappa shape index (κ1) is 11.9. The number of hydrogen-bond acceptors (Lipinski definition) is 2. The van der Waals surface area contributed by atoms with E-state index < -0.39 is 0 Å². The van der Waals surface area contributed by atoms with Crippen LogP contribution in [0.15, 0.2) is 24.5 Å². The Labute approximate surface area is 102 Å². The standard InChI is InChI=1S/C13H19N3O/c17-13(11-5-2-1-3-6-11)16-8-4-7-12-14-9-10-15-12/h1-2,9-11H,3-8H2,(H,14,15)(H,16,17). The number of H-pyrrole nitrogens is 1. The average molecular weight is 233 g/mol. The van der Waals surface area contributed by atoms with Crippen LogP contribution in [0.4, 0.5) is 0 Å². The molecule has 1 unspecified atom stereocenters. The second-order valence-electron chi connectivity index (χ2n) is 4.41. The van der Waals surface area contributed by atoms with Gasteiger partial charge in [-0.2, -0.15) is 0 Å². The SMILES string of the molecule is O=C(NCCCc1ncc[nH]1)C1CC=CCC1. The van der Waals surface area contributed by atoms with Crippen molar-refractivity contribution in [3.8, 4) is 0 Å². The minimum Gasteiger partial charge on any atom is -0.356 e. The van der Waals surface area contributed by atoms with Crippen LogP contribution in [0, 0.1) is 5.92 Å². The van der Waals surface area contributed by atoms with Crippen LogP contribution in [0.25, 0.3) is 0 Å². The zero-order valence-electron chi connectivity index (χ0n) is 9.98. The Morgan fingerprint density at radius 1 is 1.53 bits per heavy atom. The molecule has 2 rings (SSSR count). The maximum absolute atomic E-state index is 11.8. The van der Waals surface area contributed by atoms with E-state index in [1.807, 2.05) is 6.20 Å². The average Bonchev–Trinajstić information content (AvgIpc) is 2.88. The number of hydrogen-bond donors (Lipinski definition) is 2. The van der Waals surface area contributed by atoms with E-state index >= 15 is 0 Å². The van der Waals surface area contributed by atoms with Gasteiger partial charge in [0.2, 0.25) is 5.91 Å². The Balaban J connectivity index is 1.61. The van der Waals surface area contributed by atoms with Gasteiger partial charge in [-0.3, -0.25) is 4.79 Å². The first-order valence-corrected chi connectivity index (χ1v) is 6.27. The normalized spacial score (nSPS) is 19.2. The monoisotopic (exact) mass is 233 g/mol. The van der Waals surface area contributed by atoms with Crippen molar-refractivity contribution in [3.05, 3.63) is 30.4 Å². The number of aromatic amines is 1. The summed E-state index contributed by atoms with van der Waals surface area (Å²) in [6.45, 7) is 0.736. The molecule has 0 radical (unpaired) electrons. The van der Waals surface area contributed by atoms with E-state index in [2.05, 4.69) is 27.4 Å². The Morgan fingerprint density at radius 2 is 2.47 bits per heavy atom. The predicted octanol–water partition coefficient (Wildman–Crippen LogP) is 1.81. The summed E-state index contributed by atoms with van der Waals surface area (Å²) < 4.78 is 0. The molecule has 17 heavy (non-hydrogen) atoms. The highest BCUT2D eigenvalue weighted by Gasteiger charge is 2.17. The van der Waals surface area contributed by atoms with Crippen LogP contribution in [0.3, 0.4) is 0 Å². The molecule has 0 aliphatic heterocycles. The first-order chi connectivity index (χ1) is 8.36. The van der Waals surface area contributed by atoms with E-state index in [1.165, 1.54) is 0 Å². The fourth-order valence-corrected chi connectivity index (χ4v) is 2.08. The first-order valence-electron chi connectivity index (χ1n) is 6.27. The minimum absolute atomic E-state index is 0.184. The summed E-state index contributed by atoms with van der Waals surface area (Å²) >= 11 is 0. The molecule has 1 aromatic heterocycles. The van der Waals surface area contributed by atoms with Gasteiger partial charge in [-0.25, -0.2) is 4.98 Å². The van der Waals surface area contributed by atoms with Crippen molar-refractivity contribution in [1.29, 1.82) is 0 Å². The quantitative estimate of drug-likeness (QED) is 0.602. The molecule has 0 bridgehead atoms. The maximum Gasteiger partial charge on any atom is 0.223 e. The van der Waals surface area contributed by atoms with Gasteiger partial charge in [0.15, 0.2) is 0 Å². The number of imidazole rings is 1. The molecule has 1 aromatic rings. The van der Waals surface area contributed by atoms with Crippen molar-refractivity contribution in [2.45, 2.75) is 32.1 Å². The number of carbonyl (C=O) groups is 1. The molecule has 4 nitrogen and oxygen atoms in total. The summed E-state index contributed by atoms with van der Waals surface area (Å²) in [6, 6.07) is 0. The second kappa shape index (κ2) is 6.23. The summed E-state index contributed by atoms with van der Waals surface area (Å²) in [5, 5.41) is 3.00. The zero-order valence-corrected chi connectivity index (χ0v) is 9.98. The third kappa shape index (κ3) is 3.73. The van der Waals surface area contributed by atoms with Gasteiger partial charge in [0.1, 0.15) is 5.82 Å². The second-order valence-corrected chi connectivity index (χ2v) is 4.41. The van der Waals surface area contributed by atoms with Crippen LogP contribution in [0.2, 0.25) is 0 Å². The third-order valence-corrected chi connectivity index (χ3v) is 3.08. The largest absolute Gasteiger partial charge is 0.356 e. The number of aromatic nitrogens is 2. The van der Waals surface area contributed by atoms with E-state index in [1.54, 1.807) is 6.20 Å². The van der Waals surface area contributed by atoms with Crippen LogP contribution >= 0.6 is 0 Å². The molecule has 0 fully saturated rings. The van der Waals surface area contributed by atoms with Crippen LogP contribution in [0.1, 0.15) is 31.5 Å². The summed E-state index contributed by atoms with van der Waals surface area (Å²) in [4.78, 5) is 19.0. The molecule has 2 N–H and O–H groups in total. The number of allylic oxidation sites excluding steroid dienone is 2. The fourth-order valence-electron chi connectivity index (χ4n) is 2.08. The lowest BCUT2D eigenvalue weighted by Gasteiger charge is -2.16. The summed E-state index contributed by atoms with van der Waals surface area (Å²) in [7, 11) is 0. The van der Waals surface area contributed by atoms with Gasteiger partial charge in [0.25, 0.3) is 0 Å². The molecule has 0 saturated carbocycles. The molecule has 1 heterocycles. The predicted molar refractivity (Wildman–Crippen MR) is 66.4 cm³/mol. The van der Waals surface area contributed by atoms with Crippen molar-refractivity contribution in [1.82, 2.24) is 15.3 Å². The number of nitrogens with one attached hydrogen (secondary N) is 2. The van der Waals surface area contributed by atoms with Gasteiger partial charge in [-0.05, 0) is 25.7 Å². The van der Waals surface area contributed by atoms with Crippen LogP contribution in [-0.2, 0) is 11.2 Å². The molecule has 0 saturated heterocycles. The van der Waals surface area contributed by atoms with Gasteiger partial charge in [0, 0.05) is 31.3 Å². The third-order valence-electron chi connectivity index (χ3n) is 3.08. The van der Waals surface area contributed by atoms with E-state index in [0.29, 0.717) is 0 Å². The topological polar surface area (TPSA) is 57.8 Å². The number of aryl methyl sites for hydroxylation is 1. The highest BCUT2D eigenvalue weighted by Crippen LogP contribution is 2.17. The van der Waals surface area contributed by atoms with Gasteiger partial charge in [0.05, 0.1) is 0 Å². The highest BCUT2D eigenvalue weighted by molar-refractivity contribution is 5.78. The van der Waals surface area contributed by atoms with Crippen molar-refractivity contribution in [2.24, 2.45) is 5.92 Å². The Kier molecular flexibility index (Phi) is 4.36. The lowest BCUT2D eigenvalue weighted by Crippen LogP contribution is -2.32. The molecule has 1 atom stereocenters.